The molecule has 0 bridgehead atoms. The summed E-state index contributed by atoms with van der Waals surface area (Å²) in [5.41, 5.74) is 0.509. The molecule has 3 atom stereocenters. The maximum atomic E-state index is 15.4. The van der Waals surface area contributed by atoms with Crippen LogP contribution in [0.3, 0.4) is 0 Å². The Morgan fingerprint density at radius 1 is 1.24 bits per heavy atom. The Balaban J connectivity index is 1.32. The first-order valence-corrected chi connectivity index (χ1v) is 13.5. The van der Waals surface area contributed by atoms with Gasteiger partial charge in [-0.2, -0.15) is 13.2 Å². The van der Waals surface area contributed by atoms with Crippen LogP contribution in [0.2, 0.25) is 0 Å². The highest BCUT2D eigenvalue weighted by molar-refractivity contribution is 7.99. The number of rotatable bonds is 10. The topological polar surface area (TPSA) is 62.7 Å². The summed E-state index contributed by atoms with van der Waals surface area (Å²) in [5, 5.41) is 10.5. The first-order chi connectivity index (χ1) is 18.2. The van der Waals surface area contributed by atoms with Crippen LogP contribution in [0, 0.1) is 11.8 Å². The Morgan fingerprint density at radius 2 is 2.05 bits per heavy atom. The monoisotopic (exact) mass is 550 g/mol. The number of benzene rings is 2. The number of nitrogens with zero attached hydrogens (tertiary/aromatic N) is 2. The number of fused-ring (bicyclic) bond motifs is 1. The molecule has 0 unspecified atom stereocenters. The Hall–Kier alpha value is -2.85. The second kappa shape index (κ2) is 12.3. The molecular weight excluding hydrogens is 520 g/mol. The molecule has 204 valence electrons. The molecule has 1 aliphatic rings. The van der Waals surface area contributed by atoms with E-state index in [0.717, 1.165) is 12.1 Å². The number of ether oxygens (including phenoxy) is 1. The number of carboxylic acids is 1. The summed E-state index contributed by atoms with van der Waals surface area (Å²) in [4.78, 5) is 18.9. The van der Waals surface area contributed by atoms with Crippen LogP contribution in [0.25, 0.3) is 10.9 Å². The highest BCUT2D eigenvalue weighted by Gasteiger charge is 2.35. The number of carbonyl (C=O) groups is 1. The van der Waals surface area contributed by atoms with Crippen LogP contribution in [0.5, 0.6) is 5.75 Å². The number of piperidine rings is 1. The lowest BCUT2D eigenvalue weighted by Crippen LogP contribution is -2.44. The van der Waals surface area contributed by atoms with Gasteiger partial charge in [0.05, 0.1) is 24.1 Å². The first kappa shape index (κ1) is 28.2. The molecule has 5 nitrogen and oxygen atoms in total. The minimum atomic E-state index is -4.39. The SMILES string of the molecule is COc1ccc2nccc([C@H](F)CC[C@@H]3CCN(CCSc4cccc(C(F)(F)F)c4)C[C@@H]3C(=O)O)c2c1. The standard InChI is InChI=1S/C28H30F4N2O3S/c1-37-20-6-8-26-23(16-20)22(9-11-33-26)25(29)7-5-18-10-12-34(17-24(18)27(35)36)13-14-38-21-4-2-3-19(15-21)28(30,31)32/h2-4,6,8-9,11,15-16,18,24-25H,5,7,10,12-14,17H2,1H3,(H,35,36)/t18-,24+,25-/m1/s1. The number of methoxy groups -OCH3 is 1. The number of halogens is 4. The van der Waals surface area contributed by atoms with Crippen molar-refractivity contribution in [1.29, 1.82) is 0 Å². The quantitative estimate of drug-likeness (QED) is 0.220. The van der Waals surface area contributed by atoms with Crippen molar-refractivity contribution in [3.8, 4) is 5.75 Å². The molecule has 2 heterocycles. The van der Waals surface area contributed by atoms with Crippen LogP contribution in [0.15, 0.2) is 59.6 Å². The zero-order chi connectivity index (χ0) is 27.3. The van der Waals surface area contributed by atoms with Crippen molar-refractivity contribution in [2.24, 2.45) is 11.8 Å². The van der Waals surface area contributed by atoms with Crippen LogP contribution in [0.1, 0.15) is 36.6 Å². The molecule has 0 spiro atoms. The van der Waals surface area contributed by atoms with Crippen LogP contribution >= 0.6 is 11.8 Å². The van der Waals surface area contributed by atoms with E-state index >= 15 is 4.39 Å². The van der Waals surface area contributed by atoms with Crippen molar-refractivity contribution in [3.05, 3.63) is 65.9 Å². The van der Waals surface area contributed by atoms with Gasteiger partial charge < -0.3 is 14.7 Å². The smallest absolute Gasteiger partial charge is 0.416 e. The van der Waals surface area contributed by atoms with Gasteiger partial charge in [-0.3, -0.25) is 9.78 Å². The van der Waals surface area contributed by atoms with Gasteiger partial charge in [0.15, 0.2) is 0 Å². The average Bonchev–Trinajstić information content (AvgIpc) is 2.91. The molecule has 0 aliphatic carbocycles. The number of hydrogen-bond donors (Lipinski definition) is 1. The number of likely N-dealkylation sites (tertiary alicyclic amines) is 1. The predicted octanol–water partition coefficient (Wildman–Crippen LogP) is 6.87. The van der Waals surface area contributed by atoms with E-state index in [-0.39, 0.29) is 12.3 Å². The number of hydrogen-bond acceptors (Lipinski definition) is 5. The molecule has 2 aromatic carbocycles. The summed E-state index contributed by atoms with van der Waals surface area (Å²) < 4.78 is 59.5. The molecule has 1 aromatic heterocycles. The molecule has 1 N–H and O–H groups in total. The number of thioether (sulfide) groups is 1. The van der Waals surface area contributed by atoms with E-state index in [2.05, 4.69) is 4.98 Å². The number of aromatic nitrogens is 1. The van der Waals surface area contributed by atoms with E-state index in [0.29, 0.717) is 65.3 Å². The first-order valence-electron chi connectivity index (χ1n) is 12.5. The van der Waals surface area contributed by atoms with Crippen LogP contribution in [-0.2, 0) is 11.0 Å². The summed E-state index contributed by atoms with van der Waals surface area (Å²) in [6.07, 6.45) is -2.79. The van der Waals surface area contributed by atoms with Crippen molar-refractivity contribution < 1.29 is 32.2 Å². The van der Waals surface area contributed by atoms with Gasteiger partial charge in [0.2, 0.25) is 0 Å². The van der Waals surface area contributed by atoms with Crippen molar-refractivity contribution in [1.82, 2.24) is 9.88 Å². The van der Waals surface area contributed by atoms with Gasteiger partial charge in [-0.1, -0.05) is 6.07 Å². The fourth-order valence-electron chi connectivity index (χ4n) is 5.01. The van der Waals surface area contributed by atoms with Crippen LogP contribution in [0.4, 0.5) is 17.6 Å². The van der Waals surface area contributed by atoms with E-state index in [9.17, 15) is 23.1 Å². The number of alkyl halides is 4. The third-order valence-corrected chi connectivity index (χ3v) is 8.08. The Kier molecular flexibility index (Phi) is 9.15. The Labute approximate surface area is 223 Å². The molecule has 0 saturated carbocycles. The molecule has 10 heteroatoms. The molecule has 1 aliphatic heterocycles. The summed E-state index contributed by atoms with van der Waals surface area (Å²) in [7, 11) is 1.55. The average molecular weight is 551 g/mol. The van der Waals surface area contributed by atoms with Gasteiger partial charge >= 0.3 is 12.1 Å². The van der Waals surface area contributed by atoms with Gasteiger partial charge in [-0.25, -0.2) is 4.39 Å². The molecule has 1 saturated heterocycles. The van der Waals surface area contributed by atoms with E-state index in [4.69, 9.17) is 4.74 Å². The third kappa shape index (κ3) is 6.96. The zero-order valence-electron chi connectivity index (χ0n) is 21.0. The van der Waals surface area contributed by atoms with Gasteiger partial charge in [0, 0.05) is 35.3 Å². The zero-order valence-corrected chi connectivity index (χ0v) is 21.8. The second-order valence-corrected chi connectivity index (χ2v) is 10.7. The van der Waals surface area contributed by atoms with Crippen LogP contribution in [-0.4, -0.2) is 53.5 Å². The lowest BCUT2D eigenvalue weighted by molar-refractivity contribution is -0.146. The van der Waals surface area contributed by atoms with Gasteiger partial charge in [0.25, 0.3) is 0 Å². The molecule has 0 amide bonds. The normalized spacial score (nSPS) is 19.4. The largest absolute Gasteiger partial charge is 0.497 e. The molecule has 38 heavy (non-hydrogen) atoms. The summed E-state index contributed by atoms with van der Waals surface area (Å²) >= 11 is 1.32. The fraction of sp³-hybridized carbons (Fsp3) is 0.429. The molecule has 0 radical (unpaired) electrons. The third-order valence-electron chi connectivity index (χ3n) is 7.11. The maximum Gasteiger partial charge on any atom is 0.416 e. The van der Waals surface area contributed by atoms with Crippen molar-refractivity contribution in [2.45, 2.75) is 36.5 Å². The van der Waals surface area contributed by atoms with E-state index in [1.54, 1.807) is 43.6 Å². The van der Waals surface area contributed by atoms with E-state index < -0.39 is 29.8 Å². The van der Waals surface area contributed by atoms with Crippen molar-refractivity contribution in [3.63, 3.8) is 0 Å². The number of pyridine rings is 1. The van der Waals surface area contributed by atoms with Crippen LogP contribution < -0.4 is 4.74 Å². The van der Waals surface area contributed by atoms with Gasteiger partial charge in [-0.15, -0.1) is 11.8 Å². The minimum absolute atomic E-state index is 0.152. The molecule has 1 fully saturated rings. The molecule has 3 aromatic rings. The summed E-state index contributed by atoms with van der Waals surface area (Å²) in [5.74, 6) is -0.517. The van der Waals surface area contributed by atoms with Gasteiger partial charge in [-0.05, 0) is 79.8 Å². The fourth-order valence-corrected chi connectivity index (χ4v) is 5.98. The highest BCUT2D eigenvalue weighted by atomic mass is 32.2. The number of carboxylic acid groups (broad SMARTS) is 1. The molecule has 4 rings (SSSR count). The highest BCUT2D eigenvalue weighted by Crippen LogP contribution is 2.36. The summed E-state index contributed by atoms with van der Waals surface area (Å²) in [6, 6.07) is 12.2. The lowest BCUT2D eigenvalue weighted by Gasteiger charge is -2.36. The van der Waals surface area contributed by atoms with Crippen molar-refractivity contribution in [2.75, 3.05) is 32.5 Å². The Morgan fingerprint density at radius 3 is 2.79 bits per heavy atom. The van der Waals surface area contributed by atoms with Crippen molar-refractivity contribution >= 4 is 28.6 Å². The van der Waals surface area contributed by atoms with E-state index in [1.807, 2.05) is 4.90 Å². The lowest BCUT2D eigenvalue weighted by atomic mass is 9.81. The Bertz CT molecular complexity index is 1260. The summed E-state index contributed by atoms with van der Waals surface area (Å²) in [6.45, 7) is 1.58. The predicted molar refractivity (Wildman–Crippen MR) is 139 cm³/mol. The van der Waals surface area contributed by atoms with Gasteiger partial charge in [0.1, 0.15) is 11.9 Å². The minimum Gasteiger partial charge on any atom is -0.497 e. The second-order valence-electron chi connectivity index (χ2n) is 9.50. The maximum absolute atomic E-state index is 15.4. The number of aliphatic carboxylic acids is 1. The van der Waals surface area contributed by atoms with E-state index in [1.165, 1.54) is 17.8 Å². The molecular formula is C28H30F4N2O3S.